The predicted octanol–water partition coefficient (Wildman–Crippen LogP) is 1.86. The van der Waals surface area contributed by atoms with Crippen molar-refractivity contribution in [2.45, 2.75) is 20.3 Å². The minimum atomic E-state index is -0.475. The van der Waals surface area contributed by atoms with E-state index in [1.165, 1.54) is 7.11 Å². The first-order valence-corrected chi connectivity index (χ1v) is 4.87. The van der Waals surface area contributed by atoms with Crippen molar-refractivity contribution in [2.75, 3.05) is 13.7 Å². The van der Waals surface area contributed by atoms with Gasteiger partial charge in [-0.2, -0.15) is 0 Å². The first kappa shape index (κ1) is 14.4. The molecule has 90 valence electrons. The molecule has 0 radical (unpaired) electrons. The number of esters is 2. The Hall–Kier alpha value is -1.58. The number of hydrogen-bond acceptors (Lipinski definition) is 4. The Morgan fingerprint density at radius 3 is 2.38 bits per heavy atom. The van der Waals surface area contributed by atoms with Crippen LogP contribution in [-0.4, -0.2) is 25.7 Å². The van der Waals surface area contributed by atoms with E-state index >= 15 is 0 Å². The topological polar surface area (TPSA) is 52.6 Å². The van der Waals surface area contributed by atoms with Gasteiger partial charge in [0.15, 0.2) is 0 Å². The monoisotopic (exact) mass is 226 g/mol. The Bertz CT molecular complexity index is 302. The van der Waals surface area contributed by atoms with E-state index < -0.39 is 11.9 Å². The van der Waals surface area contributed by atoms with Crippen LogP contribution in [0.25, 0.3) is 0 Å². The second-order valence-corrected chi connectivity index (χ2v) is 4.25. The molecular weight excluding hydrogens is 208 g/mol. The zero-order chi connectivity index (χ0) is 12.8. The molecule has 0 amide bonds. The molecular formula is C12H18O4. The van der Waals surface area contributed by atoms with Crippen LogP contribution in [0.1, 0.15) is 20.3 Å². The van der Waals surface area contributed by atoms with Crippen LogP contribution in [0.15, 0.2) is 24.8 Å². The molecule has 0 aromatic carbocycles. The lowest BCUT2D eigenvalue weighted by Gasteiger charge is -2.24. The lowest BCUT2D eigenvalue weighted by Crippen LogP contribution is -2.23. The minimum Gasteiger partial charge on any atom is -0.466 e. The highest BCUT2D eigenvalue weighted by Crippen LogP contribution is 2.25. The van der Waals surface area contributed by atoms with Crippen molar-refractivity contribution in [3.63, 3.8) is 0 Å². The van der Waals surface area contributed by atoms with Crippen LogP contribution in [0, 0.1) is 5.41 Å². The molecule has 0 aromatic heterocycles. The second kappa shape index (κ2) is 6.10. The van der Waals surface area contributed by atoms with E-state index in [0.29, 0.717) is 12.0 Å². The van der Waals surface area contributed by atoms with Gasteiger partial charge < -0.3 is 9.47 Å². The summed E-state index contributed by atoms with van der Waals surface area (Å²) in [5.41, 5.74) is 0.00590. The normalized spacial score (nSPS) is 10.4. The van der Waals surface area contributed by atoms with Crippen molar-refractivity contribution in [3.8, 4) is 0 Å². The maximum atomic E-state index is 11.1. The fourth-order valence-corrected chi connectivity index (χ4v) is 1.17. The van der Waals surface area contributed by atoms with Gasteiger partial charge in [0.2, 0.25) is 0 Å². The van der Waals surface area contributed by atoms with Gasteiger partial charge in [-0.3, -0.25) is 0 Å². The third-order valence-electron chi connectivity index (χ3n) is 1.94. The number of hydrogen-bond donors (Lipinski definition) is 0. The standard InChI is InChI=1S/C12H18O4/c1-6-10(13)16-8-12(3,4)7-9(2)11(14)15-5/h6H,1-2,7-8H2,3-5H3. The van der Waals surface area contributed by atoms with Gasteiger partial charge >= 0.3 is 11.9 Å². The molecule has 4 nitrogen and oxygen atoms in total. The number of ether oxygens (including phenoxy) is 2. The number of rotatable bonds is 6. The lowest BCUT2D eigenvalue weighted by atomic mass is 9.87. The molecule has 0 fully saturated rings. The molecule has 0 saturated carbocycles. The van der Waals surface area contributed by atoms with Crippen LogP contribution in [0.2, 0.25) is 0 Å². The van der Waals surface area contributed by atoms with E-state index in [-0.39, 0.29) is 12.0 Å². The Morgan fingerprint density at radius 1 is 1.38 bits per heavy atom. The van der Waals surface area contributed by atoms with Gasteiger partial charge in [0.25, 0.3) is 0 Å². The van der Waals surface area contributed by atoms with Crippen molar-refractivity contribution < 1.29 is 19.1 Å². The molecule has 0 atom stereocenters. The first-order chi connectivity index (χ1) is 7.32. The maximum Gasteiger partial charge on any atom is 0.333 e. The van der Waals surface area contributed by atoms with E-state index in [1.807, 2.05) is 13.8 Å². The number of carbonyl (C=O) groups is 2. The molecule has 0 bridgehead atoms. The van der Waals surface area contributed by atoms with E-state index in [2.05, 4.69) is 17.9 Å². The molecule has 16 heavy (non-hydrogen) atoms. The van der Waals surface area contributed by atoms with Crippen molar-refractivity contribution in [3.05, 3.63) is 24.8 Å². The van der Waals surface area contributed by atoms with E-state index in [4.69, 9.17) is 4.74 Å². The summed E-state index contributed by atoms with van der Waals surface area (Å²) in [4.78, 5) is 22.0. The second-order valence-electron chi connectivity index (χ2n) is 4.25. The largest absolute Gasteiger partial charge is 0.466 e. The minimum absolute atomic E-state index is 0.202. The molecule has 0 saturated heterocycles. The molecule has 0 aliphatic rings. The van der Waals surface area contributed by atoms with Crippen LogP contribution in [0.5, 0.6) is 0 Å². The third-order valence-corrected chi connectivity index (χ3v) is 1.94. The molecule has 0 rings (SSSR count). The van der Waals surface area contributed by atoms with Crippen molar-refractivity contribution in [1.29, 1.82) is 0 Å². The molecule has 0 spiro atoms. The Morgan fingerprint density at radius 2 is 1.94 bits per heavy atom. The predicted molar refractivity (Wildman–Crippen MR) is 60.7 cm³/mol. The molecule has 0 aliphatic heterocycles. The summed E-state index contributed by atoms with van der Waals surface area (Å²) < 4.78 is 9.46. The molecule has 0 aromatic rings. The van der Waals surface area contributed by atoms with Gasteiger partial charge in [0.1, 0.15) is 0 Å². The zero-order valence-electron chi connectivity index (χ0n) is 10.0. The molecule has 0 heterocycles. The van der Waals surface area contributed by atoms with E-state index in [1.54, 1.807) is 0 Å². The van der Waals surface area contributed by atoms with Crippen LogP contribution in [0.3, 0.4) is 0 Å². The maximum absolute atomic E-state index is 11.1. The van der Waals surface area contributed by atoms with Crippen LogP contribution in [-0.2, 0) is 19.1 Å². The van der Waals surface area contributed by atoms with Crippen LogP contribution in [0.4, 0.5) is 0 Å². The summed E-state index contributed by atoms with van der Waals surface area (Å²) in [5.74, 6) is -0.917. The first-order valence-electron chi connectivity index (χ1n) is 4.87. The SMILES string of the molecule is C=CC(=O)OCC(C)(C)CC(=C)C(=O)OC. The summed E-state index contributed by atoms with van der Waals surface area (Å²) >= 11 is 0. The van der Waals surface area contributed by atoms with Gasteiger partial charge in [0, 0.05) is 17.1 Å². The Balaban J connectivity index is 4.23. The van der Waals surface area contributed by atoms with Gasteiger partial charge in [-0.25, -0.2) is 9.59 Å². The van der Waals surface area contributed by atoms with Gasteiger partial charge in [-0.05, 0) is 6.42 Å². The summed E-state index contributed by atoms with van der Waals surface area (Å²) in [5, 5.41) is 0. The zero-order valence-corrected chi connectivity index (χ0v) is 10.0. The van der Waals surface area contributed by atoms with E-state index in [9.17, 15) is 9.59 Å². The number of methoxy groups -OCH3 is 1. The van der Waals surface area contributed by atoms with Crippen LogP contribution < -0.4 is 0 Å². The fourth-order valence-electron chi connectivity index (χ4n) is 1.17. The Kier molecular flexibility index (Phi) is 5.50. The van der Waals surface area contributed by atoms with Crippen molar-refractivity contribution in [1.82, 2.24) is 0 Å². The highest BCUT2D eigenvalue weighted by Gasteiger charge is 2.23. The third kappa shape index (κ3) is 5.34. The smallest absolute Gasteiger partial charge is 0.333 e. The fraction of sp³-hybridized carbons (Fsp3) is 0.500. The molecule has 0 N–H and O–H groups in total. The summed E-state index contributed by atoms with van der Waals surface area (Å²) in [6.07, 6.45) is 1.51. The quantitative estimate of drug-likeness (QED) is 0.512. The lowest BCUT2D eigenvalue weighted by molar-refractivity contribution is -0.140. The molecule has 0 aliphatic carbocycles. The van der Waals surface area contributed by atoms with Gasteiger partial charge in [-0.15, -0.1) is 0 Å². The van der Waals surface area contributed by atoms with Gasteiger partial charge in [0.05, 0.1) is 13.7 Å². The average molecular weight is 226 g/mol. The summed E-state index contributed by atoms with van der Waals surface area (Å²) in [6.45, 7) is 10.9. The van der Waals surface area contributed by atoms with Gasteiger partial charge in [-0.1, -0.05) is 27.0 Å². The highest BCUT2D eigenvalue weighted by molar-refractivity contribution is 5.87. The Labute approximate surface area is 95.9 Å². The van der Waals surface area contributed by atoms with Crippen LogP contribution >= 0.6 is 0 Å². The molecule has 0 unspecified atom stereocenters. The van der Waals surface area contributed by atoms with Crippen molar-refractivity contribution in [2.24, 2.45) is 5.41 Å². The summed E-state index contributed by atoms with van der Waals surface area (Å²) in [7, 11) is 1.30. The van der Waals surface area contributed by atoms with Crippen molar-refractivity contribution >= 4 is 11.9 Å². The highest BCUT2D eigenvalue weighted by atomic mass is 16.5. The summed E-state index contributed by atoms with van der Waals surface area (Å²) in [6, 6.07) is 0. The molecule has 4 heteroatoms. The number of carbonyl (C=O) groups excluding carboxylic acids is 2. The van der Waals surface area contributed by atoms with E-state index in [0.717, 1.165) is 6.08 Å². The average Bonchev–Trinajstić information content (AvgIpc) is 2.24.